The molecular weight excluding hydrogens is 289 g/mol. The van der Waals surface area contributed by atoms with E-state index < -0.39 is 46.8 Å². The molecule has 0 atom stereocenters. The second-order valence-electron chi connectivity index (χ2n) is 2.53. The fraction of sp³-hybridized carbons (Fsp3) is 0. The van der Waals surface area contributed by atoms with Gasteiger partial charge in [0.2, 0.25) is 0 Å². The van der Waals surface area contributed by atoms with E-state index in [1.807, 2.05) is 4.72 Å². The maximum absolute atomic E-state index is 11.1. The number of fused-ring (bicyclic) bond motifs is 1. The van der Waals surface area contributed by atoms with Crippen molar-refractivity contribution in [2.24, 2.45) is 0 Å². The van der Waals surface area contributed by atoms with Crippen LogP contribution in [0.1, 0.15) is 10.4 Å². The number of benzene rings is 1. The quantitative estimate of drug-likeness (QED) is 0.729. The van der Waals surface area contributed by atoms with Crippen LogP contribution in [0.5, 0.6) is 0 Å². The molecule has 1 N–H and O–H groups in total. The Labute approximate surface area is 111 Å². The van der Waals surface area contributed by atoms with Crippen molar-refractivity contribution in [3.63, 3.8) is 0 Å². The predicted octanol–water partition coefficient (Wildman–Crippen LogP) is 1.12. The SMILES string of the molecule is O=C1NS(=O)(=O)c2ccccc21.[Cl][Ca][Cl]. The molecule has 1 heterocycles. The average Bonchev–Trinajstić information content (AvgIpc) is 2.40. The molecule has 0 saturated heterocycles. The first kappa shape index (κ1) is 13.5. The second-order valence-corrected chi connectivity index (χ2v) is 7.83. The van der Waals surface area contributed by atoms with Gasteiger partial charge in [-0.25, -0.2) is 13.1 Å². The molecule has 0 fully saturated rings. The molecule has 1 aliphatic rings. The van der Waals surface area contributed by atoms with Gasteiger partial charge in [-0.1, -0.05) is 12.1 Å². The molecule has 0 aliphatic carbocycles. The fourth-order valence-electron chi connectivity index (χ4n) is 1.12. The van der Waals surface area contributed by atoms with Crippen LogP contribution in [0, 0.1) is 0 Å². The van der Waals surface area contributed by atoms with Crippen LogP contribution >= 0.6 is 12.8 Å². The van der Waals surface area contributed by atoms with E-state index in [9.17, 15) is 13.2 Å². The number of carbonyl (C=O) groups excluding carboxylic acids is 1. The first-order valence-corrected chi connectivity index (χ1v) is 11.4. The van der Waals surface area contributed by atoms with Crippen LogP contribution in [-0.4, -0.2) is 45.2 Å². The third-order valence-corrected chi connectivity index (χ3v) is 3.04. The van der Waals surface area contributed by atoms with Crippen LogP contribution in [0.3, 0.4) is 0 Å². The summed E-state index contributed by atoms with van der Waals surface area (Å²) in [5.41, 5.74) is 0.220. The minimum atomic E-state index is -3.55. The van der Waals surface area contributed by atoms with Crippen LogP contribution in [0.2, 0.25) is 0 Å². The standard InChI is InChI=1S/C7H5NO3S.Ca.2ClH/c9-7-5-3-1-2-4-6(5)12(10,11)8-7;;;/h1-4H,(H,8,9);;2*1H/q;+2;;/p-2. The molecule has 0 radical (unpaired) electrons. The molecule has 0 aromatic heterocycles. The first-order valence-electron chi connectivity index (χ1n) is 3.81. The number of hydrogen-bond donors (Lipinski definition) is 1. The van der Waals surface area contributed by atoms with Crippen molar-refractivity contribution in [1.29, 1.82) is 0 Å². The first-order chi connectivity index (χ1) is 7.03. The van der Waals surface area contributed by atoms with E-state index >= 15 is 0 Å². The molecule has 0 saturated carbocycles. The van der Waals surface area contributed by atoms with Gasteiger partial charge in [-0.3, -0.25) is 4.79 Å². The van der Waals surface area contributed by atoms with Crippen molar-refractivity contribution >= 4 is 59.5 Å². The third-order valence-electron chi connectivity index (χ3n) is 1.65. The zero-order valence-electron chi connectivity index (χ0n) is 7.41. The Bertz CT molecular complexity index is 477. The normalized spacial score (nSPS) is 15.5. The van der Waals surface area contributed by atoms with Crippen LogP contribution in [0.4, 0.5) is 0 Å². The third kappa shape index (κ3) is 3.22. The second kappa shape index (κ2) is 5.70. The van der Waals surface area contributed by atoms with Crippen LogP contribution < -0.4 is 4.72 Å². The molecule has 0 bridgehead atoms. The number of amides is 1. The Morgan fingerprint density at radius 1 is 1.20 bits per heavy atom. The molecule has 1 aliphatic heterocycles. The van der Waals surface area contributed by atoms with E-state index in [2.05, 4.69) is 0 Å². The van der Waals surface area contributed by atoms with Gasteiger partial charge in [-0.15, -0.1) is 0 Å². The number of sulfonamides is 1. The predicted molar refractivity (Wildman–Crippen MR) is 58.6 cm³/mol. The number of halogens is 2. The Balaban J connectivity index is 0.000000337. The van der Waals surface area contributed by atoms with Gasteiger partial charge in [0.05, 0.1) is 5.56 Å². The molecule has 78 valence electrons. The summed E-state index contributed by atoms with van der Waals surface area (Å²) in [7, 11) is -3.55. The Morgan fingerprint density at radius 2 is 1.73 bits per heavy atom. The fourth-order valence-corrected chi connectivity index (χ4v) is 2.29. The maximum atomic E-state index is 11.1. The molecule has 1 aromatic carbocycles. The molecule has 8 heteroatoms. The summed E-state index contributed by atoms with van der Waals surface area (Å²) in [5, 5.41) is 0. The van der Waals surface area contributed by atoms with Crippen molar-refractivity contribution in [2.75, 3.05) is 0 Å². The average molecular weight is 294 g/mol. The van der Waals surface area contributed by atoms with Crippen molar-refractivity contribution < 1.29 is 13.2 Å². The topological polar surface area (TPSA) is 63.2 Å². The van der Waals surface area contributed by atoms with Gasteiger partial charge >= 0.3 is 43.6 Å². The summed E-state index contributed by atoms with van der Waals surface area (Å²) in [6.07, 6.45) is 9.90. The number of rotatable bonds is 0. The molecule has 1 aromatic rings. The summed E-state index contributed by atoms with van der Waals surface area (Å²) < 4.78 is 24.2. The van der Waals surface area contributed by atoms with Gasteiger partial charge in [0.25, 0.3) is 15.9 Å². The van der Waals surface area contributed by atoms with Crippen molar-refractivity contribution in [3.05, 3.63) is 29.8 Å². The zero-order valence-corrected chi connectivity index (χ0v) is 11.9. The molecule has 4 nitrogen and oxygen atoms in total. The van der Waals surface area contributed by atoms with Crippen molar-refractivity contribution in [3.8, 4) is 0 Å². The van der Waals surface area contributed by atoms with Crippen LogP contribution in [0.25, 0.3) is 0 Å². The monoisotopic (exact) mass is 293 g/mol. The van der Waals surface area contributed by atoms with Crippen LogP contribution in [-0.2, 0) is 10.0 Å². The molecular formula is C7H5CaCl2NO3S. The van der Waals surface area contributed by atoms with E-state index in [1.165, 1.54) is 12.1 Å². The van der Waals surface area contributed by atoms with Crippen LogP contribution in [0.15, 0.2) is 29.2 Å². The Hall–Kier alpha value is 0.480. The van der Waals surface area contributed by atoms with Gasteiger partial charge in [0.1, 0.15) is 4.90 Å². The van der Waals surface area contributed by atoms with Gasteiger partial charge in [-0.05, 0) is 12.1 Å². The number of hydrogen-bond acceptors (Lipinski definition) is 3. The summed E-state index contributed by atoms with van der Waals surface area (Å²) >= 11 is -0.931. The van der Waals surface area contributed by atoms with Gasteiger partial charge in [0, 0.05) is 0 Å². The molecule has 0 spiro atoms. The van der Waals surface area contributed by atoms with Gasteiger partial charge in [0.15, 0.2) is 0 Å². The summed E-state index contributed by atoms with van der Waals surface area (Å²) in [6.45, 7) is 0. The summed E-state index contributed by atoms with van der Waals surface area (Å²) in [4.78, 5) is 11.1. The molecule has 0 unspecified atom stereocenters. The summed E-state index contributed by atoms with van der Waals surface area (Å²) in [6, 6.07) is 6.09. The minimum absolute atomic E-state index is 0.0648. The molecule has 15 heavy (non-hydrogen) atoms. The number of carbonyl (C=O) groups is 1. The molecule has 2 rings (SSSR count). The Kier molecular flexibility index (Phi) is 5.15. The Morgan fingerprint density at radius 3 is 2.27 bits per heavy atom. The van der Waals surface area contributed by atoms with Crippen molar-refractivity contribution in [2.45, 2.75) is 4.90 Å². The molecule has 1 amide bonds. The van der Waals surface area contributed by atoms with E-state index in [1.54, 1.807) is 12.1 Å². The summed E-state index contributed by atoms with van der Waals surface area (Å²) in [5.74, 6) is -0.550. The van der Waals surface area contributed by atoms with E-state index in [4.69, 9.17) is 12.8 Å². The van der Waals surface area contributed by atoms with Gasteiger partial charge in [-0.2, -0.15) is 0 Å². The van der Waals surface area contributed by atoms with Crippen molar-refractivity contribution in [1.82, 2.24) is 4.72 Å². The van der Waals surface area contributed by atoms with E-state index in [0.717, 1.165) is 0 Å². The zero-order chi connectivity index (χ0) is 11.5. The van der Waals surface area contributed by atoms with Gasteiger partial charge < -0.3 is 0 Å². The number of nitrogens with one attached hydrogen (secondary N) is 1. The van der Waals surface area contributed by atoms with E-state index in [0.29, 0.717) is 0 Å². The van der Waals surface area contributed by atoms with E-state index in [-0.39, 0.29) is 10.5 Å².